The van der Waals surface area contributed by atoms with Gasteiger partial charge in [-0.1, -0.05) is 84.4 Å². The van der Waals surface area contributed by atoms with Gasteiger partial charge in [0.1, 0.15) is 5.75 Å². The SMILES string of the molecule is CS(=O)(=O)c1cc(OCCCN(Cc2cccc(C(F)(F)F)c2Cl)CC(c2ccccc2)c2ccccc2)ccc1C=O. The lowest BCUT2D eigenvalue weighted by atomic mass is 9.90. The molecule has 226 valence electrons. The normalized spacial score (nSPS) is 12.1. The molecule has 43 heavy (non-hydrogen) atoms. The maximum absolute atomic E-state index is 13.6. The van der Waals surface area contributed by atoms with Gasteiger partial charge in [0, 0.05) is 37.4 Å². The van der Waals surface area contributed by atoms with Crippen molar-refractivity contribution in [2.45, 2.75) is 30.0 Å². The number of alkyl halides is 3. The van der Waals surface area contributed by atoms with Crippen molar-refractivity contribution in [3.63, 3.8) is 0 Å². The summed E-state index contributed by atoms with van der Waals surface area (Å²) in [6.07, 6.45) is -2.60. The summed E-state index contributed by atoms with van der Waals surface area (Å²) in [5.41, 5.74) is 1.66. The molecule has 0 fully saturated rings. The highest BCUT2D eigenvalue weighted by atomic mass is 35.5. The van der Waals surface area contributed by atoms with E-state index in [9.17, 15) is 26.4 Å². The molecular weight excluding hydrogens is 599 g/mol. The van der Waals surface area contributed by atoms with E-state index < -0.39 is 21.6 Å². The fourth-order valence-electron chi connectivity index (χ4n) is 4.93. The Hall–Kier alpha value is -3.66. The third-order valence-electron chi connectivity index (χ3n) is 7.02. The van der Waals surface area contributed by atoms with Gasteiger partial charge < -0.3 is 4.74 Å². The molecule has 0 aromatic heterocycles. The number of benzene rings is 4. The van der Waals surface area contributed by atoms with Crippen molar-refractivity contribution in [2.24, 2.45) is 0 Å². The first-order valence-corrected chi connectivity index (χ1v) is 15.8. The molecule has 0 radical (unpaired) electrons. The van der Waals surface area contributed by atoms with Crippen LogP contribution in [0.1, 0.15) is 45.0 Å². The molecule has 4 aromatic carbocycles. The van der Waals surface area contributed by atoms with Gasteiger partial charge in [-0.3, -0.25) is 9.69 Å². The summed E-state index contributed by atoms with van der Waals surface area (Å²) in [7, 11) is -3.64. The fourth-order valence-corrected chi connectivity index (χ4v) is 6.10. The fraction of sp³-hybridized carbons (Fsp3) is 0.242. The Kier molecular flexibility index (Phi) is 10.7. The van der Waals surface area contributed by atoms with Crippen molar-refractivity contribution >= 4 is 27.7 Å². The van der Waals surface area contributed by atoms with Crippen molar-refractivity contribution in [1.29, 1.82) is 0 Å². The highest BCUT2D eigenvalue weighted by Gasteiger charge is 2.34. The Morgan fingerprint density at radius 1 is 0.907 bits per heavy atom. The molecule has 0 N–H and O–H groups in total. The van der Waals surface area contributed by atoms with Crippen LogP contribution < -0.4 is 4.74 Å². The van der Waals surface area contributed by atoms with Crippen LogP contribution in [0, 0.1) is 0 Å². The molecule has 0 saturated heterocycles. The summed E-state index contributed by atoms with van der Waals surface area (Å²) in [6.45, 7) is 1.32. The molecule has 0 aliphatic heterocycles. The second-order valence-corrected chi connectivity index (χ2v) is 12.5. The molecule has 0 unspecified atom stereocenters. The summed E-state index contributed by atoms with van der Waals surface area (Å²) >= 11 is 6.28. The number of nitrogens with zero attached hydrogens (tertiary/aromatic N) is 1. The maximum atomic E-state index is 13.6. The van der Waals surface area contributed by atoms with E-state index in [1.54, 1.807) is 6.07 Å². The number of carbonyl (C=O) groups is 1. The van der Waals surface area contributed by atoms with Gasteiger partial charge >= 0.3 is 6.18 Å². The number of sulfone groups is 1. The van der Waals surface area contributed by atoms with Crippen LogP contribution in [0.4, 0.5) is 13.2 Å². The first-order chi connectivity index (χ1) is 20.5. The molecule has 5 nitrogen and oxygen atoms in total. The van der Waals surface area contributed by atoms with E-state index in [0.717, 1.165) is 23.4 Å². The van der Waals surface area contributed by atoms with Crippen LogP contribution in [-0.4, -0.2) is 45.6 Å². The molecule has 0 bridgehead atoms. The quantitative estimate of drug-likeness (QED) is 0.112. The minimum atomic E-state index is -4.58. The van der Waals surface area contributed by atoms with E-state index >= 15 is 0 Å². The number of hydrogen-bond donors (Lipinski definition) is 0. The van der Waals surface area contributed by atoms with Gasteiger partial charge in [0.25, 0.3) is 0 Å². The van der Waals surface area contributed by atoms with Crippen LogP contribution in [0.2, 0.25) is 5.02 Å². The van der Waals surface area contributed by atoms with Crippen molar-refractivity contribution in [3.8, 4) is 5.75 Å². The third kappa shape index (κ3) is 8.69. The smallest absolute Gasteiger partial charge is 0.417 e. The van der Waals surface area contributed by atoms with Gasteiger partial charge in [-0.2, -0.15) is 13.2 Å². The summed E-state index contributed by atoms with van der Waals surface area (Å²) in [5, 5.41) is -0.323. The minimum absolute atomic E-state index is 0.0480. The van der Waals surface area contributed by atoms with Crippen LogP contribution in [0.3, 0.4) is 0 Å². The Labute approximate surface area is 254 Å². The number of aldehydes is 1. The second kappa shape index (κ2) is 14.2. The maximum Gasteiger partial charge on any atom is 0.417 e. The second-order valence-electron chi connectivity index (χ2n) is 10.2. The average Bonchev–Trinajstić information content (AvgIpc) is 2.98. The zero-order valence-corrected chi connectivity index (χ0v) is 25.0. The molecule has 0 saturated carbocycles. The number of hydrogen-bond acceptors (Lipinski definition) is 5. The van der Waals surface area contributed by atoms with Crippen molar-refractivity contribution < 1.29 is 31.1 Å². The van der Waals surface area contributed by atoms with Crippen LogP contribution in [0.25, 0.3) is 0 Å². The van der Waals surface area contributed by atoms with Gasteiger partial charge in [-0.15, -0.1) is 0 Å². The molecular formula is C33H31ClF3NO4S. The van der Waals surface area contributed by atoms with Crippen LogP contribution in [0.15, 0.2) is 102 Å². The molecule has 0 amide bonds. The van der Waals surface area contributed by atoms with Crippen molar-refractivity contribution in [2.75, 3.05) is 26.0 Å². The predicted molar refractivity (Wildman–Crippen MR) is 162 cm³/mol. The van der Waals surface area contributed by atoms with E-state index in [2.05, 4.69) is 0 Å². The van der Waals surface area contributed by atoms with Gasteiger partial charge in [0.15, 0.2) is 16.1 Å². The van der Waals surface area contributed by atoms with Crippen LogP contribution >= 0.6 is 11.6 Å². The van der Waals surface area contributed by atoms with E-state index in [4.69, 9.17) is 16.3 Å². The van der Waals surface area contributed by atoms with Gasteiger partial charge in [0.2, 0.25) is 0 Å². The van der Waals surface area contributed by atoms with E-state index in [1.165, 1.54) is 24.3 Å². The molecule has 0 spiro atoms. The summed E-state index contributed by atoms with van der Waals surface area (Å²) in [6, 6.07) is 27.9. The zero-order valence-electron chi connectivity index (χ0n) is 23.4. The molecule has 4 rings (SSSR count). The van der Waals surface area contributed by atoms with Gasteiger partial charge in [-0.05, 0) is 47.4 Å². The topological polar surface area (TPSA) is 63.7 Å². The largest absolute Gasteiger partial charge is 0.494 e. The molecule has 10 heteroatoms. The number of rotatable bonds is 13. The Balaban J connectivity index is 1.57. The zero-order chi connectivity index (χ0) is 31.0. The highest BCUT2D eigenvalue weighted by Crippen LogP contribution is 2.37. The number of carbonyl (C=O) groups excluding carboxylic acids is 1. The first kappa shape index (κ1) is 32.3. The Bertz CT molecular complexity index is 1590. The van der Waals surface area contributed by atoms with E-state index in [0.29, 0.717) is 37.1 Å². The van der Waals surface area contributed by atoms with Gasteiger partial charge in [-0.25, -0.2) is 8.42 Å². The minimum Gasteiger partial charge on any atom is -0.494 e. The molecule has 4 aromatic rings. The third-order valence-corrected chi connectivity index (χ3v) is 8.62. The molecule has 0 aliphatic carbocycles. The lowest BCUT2D eigenvalue weighted by molar-refractivity contribution is -0.137. The lowest BCUT2D eigenvalue weighted by Gasteiger charge is -2.29. The Morgan fingerprint density at radius 3 is 2.09 bits per heavy atom. The van der Waals surface area contributed by atoms with Gasteiger partial charge in [0.05, 0.1) is 22.1 Å². The Morgan fingerprint density at radius 2 is 1.53 bits per heavy atom. The van der Waals surface area contributed by atoms with Crippen molar-refractivity contribution in [1.82, 2.24) is 4.90 Å². The summed E-state index contributed by atoms with van der Waals surface area (Å²) in [4.78, 5) is 13.2. The lowest BCUT2D eigenvalue weighted by Crippen LogP contribution is -2.31. The van der Waals surface area contributed by atoms with Crippen LogP contribution in [0.5, 0.6) is 5.75 Å². The average molecular weight is 630 g/mol. The van der Waals surface area contributed by atoms with E-state index in [-0.39, 0.29) is 34.6 Å². The standard InChI is InChI=1S/C33H31ClF3NO4S/c1-43(40,41)31-20-28(17-16-27(31)23-39)42-19-9-18-38(21-26-14-8-15-30(32(26)34)33(35,36)37)22-29(24-10-4-2-5-11-24)25-12-6-3-7-13-25/h2-8,10-17,20,23,29H,9,18-19,21-22H2,1H3. The van der Waals surface area contributed by atoms with Crippen molar-refractivity contribution in [3.05, 3.63) is 130 Å². The monoisotopic (exact) mass is 629 g/mol. The first-order valence-electron chi connectivity index (χ1n) is 13.6. The molecule has 0 aliphatic rings. The highest BCUT2D eigenvalue weighted by molar-refractivity contribution is 7.90. The molecule has 0 heterocycles. The molecule has 0 atom stereocenters. The predicted octanol–water partition coefficient (Wildman–Crippen LogP) is 7.68. The van der Waals surface area contributed by atoms with Crippen LogP contribution in [-0.2, 0) is 22.6 Å². The summed E-state index contributed by atoms with van der Waals surface area (Å²) < 4.78 is 70.9. The summed E-state index contributed by atoms with van der Waals surface area (Å²) in [5.74, 6) is 0.228. The number of ether oxygens (including phenoxy) is 1. The number of halogens is 4. The van der Waals surface area contributed by atoms with E-state index in [1.807, 2.05) is 65.6 Å².